The maximum Gasteiger partial charge on any atom is 0.147 e. The molecule has 4 nitrogen and oxygen atoms in total. The summed E-state index contributed by atoms with van der Waals surface area (Å²) in [6.45, 7) is 2.07. The molecule has 2 N–H and O–H groups in total. The maximum atomic E-state index is 10.9. The van der Waals surface area contributed by atoms with E-state index in [1.807, 2.05) is 54.6 Å². The highest BCUT2D eigenvalue weighted by Crippen LogP contribution is 2.37. The van der Waals surface area contributed by atoms with Crippen LogP contribution in [0.4, 0.5) is 5.82 Å². The third-order valence-corrected chi connectivity index (χ3v) is 4.55. The molecule has 128 valence electrons. The van der Waals surface area contributed by atoms with E-state index in [-0.39, 0.29) is 11.8 Å². The predicted molar refractivity (Wildman–Crippen MR) is 104 cm³/mol. The molecular formula is C22H19N3O. The first kappa shape index (κ1) is 16.1. The molecule has 0 aliphatic heterocycles. The van der Waals surface area contributed by atoms with E-state index in [9.17, 15) is 5.11 Å². The lowest BCUT2D eigenvalue weighted by Gasteiger charge is -2.23. The zero-order valence-electron chi connectivity index (χ0n) is 14.4. The van der Waals surface area contributed by atoms with Gasteiger partial charge in [-0.1, -0.05) is 48.5 Å². The van der Waals surface area contributed by atoms with Crippen LogP contribution in [0, 0.1) is 6.92 Å². The number of nitrogens with zero attached hydrogens (tertiary/aromatic N) is 2. The van der Waals surface area contributed by atoms with E-state index in [1.165, 1.54) is 0 Å². The molecule has 4 aromatic rings. The molecule has 0 unspecified atom stereocenters. The van der Waals surface area contributed by atoms with Gasteiger partial charge in [0.25, 0.3) is 0 Å². The molecule has 0 radical (unpaired) electrons. The van der Waals surface area contributed by atoms with Crippen LogP contribution in [-0.4, -0.2) is 15.1 Å². The fourth-order valence-corrected chi connectivity index (χ4v) is 3.21. The molecular weight excluding hydrogens is 322 g/mol. The van der Waals surface area contributed by atoms with Gasteiger partial charge < -0.3 is 10.4 Å². The van der Waals surface area contributed by atoms with Gasteiger partial charge in [-0.2, -0.15) is 0 Å². The SMILES string of the molecule is Cc1ccccc1[C@@H](Nc1ccccn1)c1ccc2cccnc2c1O. The molecule has 0 fully saturated rings. The molecule has 0 saturated carbocycles. The maximum absolute atomic E-state index is 10.9. The number of nitrogens with one attached hydrogen (secondary N) is 1. The molecule has 0 aliphatic carbocycles. The van der Waals surface area contributed by atoms with Crippen LogP contribution in [-0.2, 0) is 0 Å². The molecule has 2 heterocycles. The molecule has 1 atom stereocenters. The number of hydrogen-bond acceptors (Lipinski definition) is 4. The Morgan fingerprint density at radius 2 is 1.62 bits per heavy atom. The average molecular weight is 341 g/mol. The Balaban J connectivity index is 1.88. The van der Waals surface area contributed by atoms with E-state index < -0.39 is 0 Å². The lowest BCUT2D eigenvalue weighted by molar-refractivity contribution is 0.471. The minimum atomic E-state index is -0.238. The first-order valence-electron chi connectivity index (χ1n) is 8.54. The number of rotatable bonds is 4. The number of pyridine rings is 2. The van der Waals surface area contributed by atoms with Crippen LogP contribution >= 0.6 is 0 Å². The summed E-state index contributed by atoms with van der Waals surface area (Å²) in [6, 6.07) is 21.4. The van der Waals surface area contributed by atoms with E-state index in [0.717, 1.165) is 27.9 Å². The topological polar surface area (TPSA) is 58.0 Å². The van der Waals surface area contributed by atoms with Crippen molar-refractivity contribution in [3.8, 4) is 5.75 Å². The molecule has 0 spiro atoms. The van der Waals surface area contributed by atoms with Gasteiger partial charge in [0, 0.05) is 23.3 Å². The summed E-state index contributed by atoms with van der Waals surface area (Å²) in [5.74, 6) is 0.945. The molecule has 0 saturated heterocycles. The van der Waals surface area contributed by atoms with Crippen molar-refractivity contribution >= 4 is 16.7 Å². The summed E-state index contributed by atoms with van der Waals surface area (Å²) in [6.07, 6.45) is 3.44. The molecule has 26 heavy (non-hydrogen) atoms. The molecule has 0 amide bonds. The zero-order chi connectivity index (χ0) is 17.9. The number of anilines is 1. The van der Waals surface area contributed by atoms with Crippen LogP contribution < -0.4 is 5.32 Å². The summed E-state index contributed by atoms with van der Waals surface area (Å²) in [5, 5.41) is 15.3. The third kappa shape index (κ3) is 2.97. The Morgan fingerprint density at radius 1 is 0.808 bits per heavy atom. The summed E-state index contributed by atoms with van der Waals surface area (Å²) in [5.41, 5.74) is 3.60. The Labute approximate surface area is 152 Å². The number of hydrogen-bond donors (Lipinski definition) is 2. The average Bonchev–Trinajstić information content (AvgIpc) is 2.68. The third-order valence-electron chi connectivity index (χ3n) is 4.55. The standard InChI is InChI=1S/C22H19N3O/c1-15-7-2-3-9-17(15)21(25-19-10-4-5-13-23-19)18-12-11-16-8-6-14-24-20(16)22(18)26/h2-14,21,26H,1H3,(H,23,25)/t21-/m1/s1. The molecule has 4 heteroatoms. The van der Waals surface area contributed by atoms with Crippen molar-refractivity contribution in [1.82, 2.24) is 9.97 Å². The number of benzene rings is 2. The van der Waals surface area contributed by atoms with Gasteiger partial charge in [-0.25, -0.2) is 4.98 Å². The highest BCUT2D eigenvalue weighted by atomic mass is 16.3. The molecule has 0 bridgehead atoms. The smallest absolute Gasteiger partial charge is 0.147 e. The lowest BCUT2D eigenvalue weighted by Crippen LogP contribution is -2.14. The number of fused-ring (bicyclic) bond motifs is 1. The fraction of sp³-hybridized carbons (Fsp3) is 0.0909. The van der Waals surface area contributed by atoms with E-state index in [1.54, 1.807) is 12.4 Å². The Bertz CT molecular complexity index is 1050. The second-order valence-corrected chi connectivity index (χ2v) is 6.23. The Kier molecular flexibility index (Phi) is 4.23. The van der Waals surface area contributed by atoms with E-state index in [4.69, 9.17) is 0 Å². The largest absolute Gasteiger partial charge is 0.505 e. The number of aromatic hydroxyl groups is 1. The van der Waals surface area contributed by atoms with Crippen molar-refractivity contribution in [3.63, 3.8) is 0 Å². The van der Waals surface area contributed by atoms with Gasteiger partial charge in [-0.05, 0) is 36.2 Å². The first-order valence-corrected chi connectivity index (χ1v) is 8.54. The number of aromatic nitrogens is 2. The van der Waals surface area contributed by atoms with Crippen LogP contribution in [0.3, 0.4) is 0 Å². The van der Waals surface area contributed by atoms with Gasteiger partial charge in [0.15, 0.2) is 0 Å². The normalized spacial score (nSPS) is 12.0. The van der Waals surface area contributed by atoms with Gasteiger partial charge in [-0.15, -0.1) is 0 Å². The quantitative estimate of drug-likeness (QED) is 0.557. The van der Waals surface area contributed by atoms with E-state index in [0.29, 0.717) is 5.52 Å². The predicted octanol–water partition coefficient (Wildman–Crippen LogP) is 4.85. The second-order valence-electron chi connectivity index (χ2n) is 6.23. The van der Waals surface area contributed by atoms with Gasteiger partial charge in [0.2, 0.25) is 0 Å². The van der Waals surface area contributed by atoms with Gasteiger partial charge in [0.05, 0.1) is 6.04 Å². The van der Waals surface area contributed by atoms with Crippen LogP contribution in [0.2, 0.25) is 0 Å². The molecule has 0 aliphatic rings. The van der Waals surface area contributed by atoms with E-state index >= 15 is 0 Å². The van der Waals surface area contributed by atoms with Gasteiger partial charge >= 0.3 is 0 Å². The zero-order valence-corrected chi connectivity index (χ0v) is 14.4. The van der Waals surface area contributed by atoms with Crippen LogP contribution in [0.15, 0.2) is 79.1 Å². The highest BCUT2D eigenvalue weighted by molar-refractivity contribution is 5.86. The fourth-order valence-electron chi connectivity index (χ4n) is 3.21. The first-order chi connectivity index (χ1) is 12.7. The molecule has 4 rings (SSSR count). The minimum absolute atomic E-state index is 0.194. The van der Waals surface area contributed by atoms with Gasteiger partial charge in [-0.3, -0.25) is 4.98 Å². The molecule has 2 aromatic carbocycles. The highest BCUT2D eigenvalue weighted by Gasteiger charge is 2.21. The minimum Gasteiger partial charge on any atom is -0.505 e. The summed E-state index contributed by atoms with van der Waals surface area (Å²) < 4.78 is 0. The van der Waals surface area contributed by atoms with Crippen molar-refractivity contribution in [1.29, 1.82) is 0 Å². The van der Waals surface area contributed by atoms with Crippen LogP contribution in [0.25, 0.3) is 10.9 Å². The van der Waals surface area contributed by atoms with Crippen molar-refractivity contribution in [2.24, 2.45) is 0 Å². The van der Waals surface area contributed by atoms with Crippen LogP contribution in [0.5, 0.6) is 5.75 Å². The van der Waals surface area contributed by atoms with Crippen molar-refractivity contribution in [2.45, 2.75) is 13.0 Å². The molecule has 2 aromatic heterocycles. The number of aryl methyl sites for hydroxylation is 1. The number of phenols is 1. The van der Waals surface area contributed by atoms with Crippen LogP contribution in [0.1, 0.15) is 22.7 Å². The van der Waals surface area contributed by atoms with Crippen molar-refractivity contribution < 1.29 is 5.11 Å². The number of phenolic OH excluding ortho intramolecular Hbond substituents is 1. The summed E-state index contributed by atoms with van der Waals surface area (Å²) in [7, 11) is 0. The summed E-state index contributed by atoms with van der Waals surface area (Å²) >= 11 is 0. The van der Waals surface area contributed by atoms with Crippen molar-refractivity contribution in [3.05, 3.63) is 95.8 Å². The second kappa shape index (κ2) is 6.84. The van der Waals surface area contributed by atoms with Gasteiger partial charge in [0.1, 0.15) is 17.1 Å². The monoisotopic (exact) mass is 341 g/mol. The lowest BCUT2D eigenvalue weighted by atomic mass is 9.93. The Morgan fingerprint density at radius 3 is 2.42 bits per heavy atom. The van der Waals surface area contributed by atoms with E-state index in [2.05, 4.69) is 34.3 Å². The van der Waals surface area contributed by atoms with Crippen molar-refractivity contribution in [2.75, 3.05) is 5.32 Å². The summed E-state index contributed by atoms with van der Waals surface area (Å²) in [4.78, 5) is 8.74. The Hall–Kier alpha value is -3.40.